The highest BCUT2D eigenvalue weighted by Crippen LogP contribution is 2.10. The van der Waals surface area contributed by atoms with Gasteiger partial charge in [0, 0.05) is 12.8 Å². The molecule has 110 valence electrons. The summed E-state index contributed by atoms with van der Waals surface area (Å²) in [5, 5.41) is 2.73. The van der Waals surface area contributed by atoms with E-state index in [4.69, 9.17) is 4.74 Å². The maximum Gasteiger partial charge on any atom is 0.328 e. The fraction of sp³-hybridized carbons (Fsp3) is 0.867. The Morgan fingerprint density at radius 1 is 1.16 bits per heavy atom. The summed E-state index contributed by atoms with van der Waals surface area (Å²) >= 11 is 0. The zero-order chi connectivity index (χ0) is 13.9. The fourth-order valence-electron chi connectivity index (χ4n) is 2.31. The van der Waals surface area contributed by atoms with Crippen LogP contribution in [0.3, 0.4) is 0 Å². The lowest BCUT2D eigenvalue weighted by atomic mass is 10.1. The first-order valence-corrected chi connectivity index (χ1v) is 7.70. The van der Waals surface area contributed by atoms with E-state index in [1.54, 1.807) is 0 Å². The second kappa shape index (κ2) is 9.82. The van der Waals surface area contributed by atoms with Crippen LogP contribution in [0.4, 0.5) is 0 Å². The van der Waals surface area contributed by atoms with Gasteiger partial charge in [-0.25, -0.2) is 4.79 Å². The number of esters is 1. The average molecular weight is 269 g/mol. The molecule has 0 aliphatic carbocycles. The van der Waals surface area contributed by atoms with E-state index < -0.39 is 6.04 Å². The van der Waals surface area contributed by atoms with E-state index in [-0.39, 0.29) is 11.9 Å². The first kappa shape index (κ1) is 16.0. The Hall–Kier alpha value is -1.06. The van der Waals surface area contributed by atoms with Crippen molar-refractivity contribution in [1.82, 2.24) is 5.32 Å². The summed E-state index contributed by atoms with van der Waals surface area (Å²) in [4.78, 5) is 22.8. The lowest BCUT2D eigenvalue weighted by Gasteiger charge is -2.08. The summed E-state index contributed by atoms with van der Waals surface area (Å²) in [7, 11) is 0. The van der Waals surface area contributed by atoms with E-state index in [0.29, 0.717) is 19.4 Å². The van der Waals surface area contributed by atoms with Crippen molar-refractivity contribution in [2.45, 2.75) is 77.2 Å². The van der Waals surface area contributed by atoms with Crippen LogP contribution in [0.2, 0.25) is 0 Å². The van der Waals surface area contributed by atoms with Crippen LogP contribution in [0.5, 0.6) is 0 Å². The fourth-order valence-corrected chi connectivity index (χ4v) is 2.31. The van der Waals surface area contributed by atoms with Gasteiger partial charge in [0.1, 0.15) is 6.04 Å². The summed E-state index contributed by atoms with van der Waals surface area (Å²) < 4.78 is 4.80. The number of hydrogen-bond donors (Lipinski definition) is 1. The van der Waals surface area contributed by atoms with Crippen LogP contribution in [0.25, 0.3) is 0 Å². The molecule has 19 heavy (non-hydrogen) atoms. The number of amides is 1. The van der Waals surface area contributed by atoms with Crippen LogP contribution >= 0.6 is 0 Å². The van der Waals surface area contributed by atoms with Crippen LogP contribution in [0.1, 0.15) is 71.1 Å². The second-order valence-corrected chi connectivity index (χ2v) is 5.30. The third kappa shape index (κ3) is 7.19. The van der Waals surface area contributed by atoms with Crippen LogP contribution in [0, 0.1) is 0 Å². The number of carbonyl (C=O) groups is 2. The molecule has 1 aliphatic rings. The molecule has 0 bridgehead atoms. The third-order valence-corrected chi connectivity index (χ3v) is 3.53. The van der Waals surface area contributed by atoms with Gasteiger partial charge < -0.3 is 10.1 Å². The molecule has 0 spiro atoms. The van der Waals surface area contributed by atoms with Gasteiger partial charge in [0.2, 0.25) is 5.91 Å². The molecule has 1 rings (SSSR count). The summed E-state index contributed by atoms with van der Waals surface area (Å²) in [6.07, 6.45) is 10.9. The van der Waals surface area contributed by atoms with Crippen molar-refractivity contribution in [1.29, 1.82) is 0 Å². The van der Waals surface area contributed by atoms with Crippen molar-refractivity contribution >= 4 is 11.9 Å². The molecule has 0 aromatic carbocycles. The largest absolute Gasteiger partial charge is 0.464 e. The predicted octanol–water partition coefficient (Wildman–Crippen LogP) is 2.95. The molecule has 1 N–H and O–H groups in total. The summed E-state index contributed by atoms with van der Waals surface area (Å²) in [5.74, 6) is -0.306. The number of unbranched alkanes of at least 4 members (excludes halogenated alkanes) is 7. The van der Waals surface area contributed by atoms with E-state index in [2.05, 4.69) is 12.2 Å². The number of carbonyl (C=O) groups excluding carboxylic acids is 2. The van der Waals surface area contributed by atoms with Gasteiger partial charge in [-0.3, -0.25) is 4.79 Å². The Balaban J connectivity index is 1.91. The Kier molecular flexibility index (Phi) is 8.26. The number of rotatable bonds is 10. The summed E-state index contributed by atoms with van der Waals surface area (Å²) in [5.41, 5.74) is 0. The molecule has 1 heterocycles. The zero-order valence-corrected chi connectivity index (χ0v) is 12.1. The minimum absolute atomic E-state index is 0.0187. The van der Waals surface area contributed by atoms with Crippen LogP contribution in [-0.4, -0.2) is 24.5 Å². The number of nitrogens with one attached hydrogen (secondary N) is 1. The van der Waals surface area contributed by atoms with Crippen molar-refractivity contribution < 1.29 is 14.3 Å². The van der Waals surface area contributed by atoms with Gasteiger partial charge in [0.05, 0.1) is 6.61 Å². The third-order valence-electron chi connectivity index (χ3n) is 3.53. The topological polar surface area (TPSA) is 55.4 Å². The molecule has 0 aromatic rings. The average Bonchev–Trinajstić information content (AvgIpc) is 2.78. The lowest BCUT2D eigenvalue weighted by Crippen LogP contribution is -2.37. The molecule has 1 atom stereocenters. The summed E-state index contributed by atoms with van der Waals surface area (Å²) in [6.45, 7) is 2.65. The van der Waals surface area contributed by atoms with Crippen LogP contribution < -0.4 is 5.32 Å². The van der Waals surface area contributed by atoms with E-state index in [0.717, 1.165) is 12.8 Å². The molecule has 0 aromatic heterocycles. The number of cyclic esters (lactones) is 1. The van der Waals surface area contributed by atoms with E-state index >= 15 is 0 Å². The van der Waals surface area contributed by atoms with Gasteiger partial charge in [-0.2, -0.15) is 0 Å². The molecule has 1 aliphatic heterocycles. The zero-order valence-electron chi connectivity index (χ0n) is 12.1. The van der Waals surface area contributed by atoms with Gasteiger partial charge in [0.25, 0.3) is 0 Å². The molecular weight excluding hydrogens is 242 g/mol. The molecule has 4 heteroatoms. The normalized spacial score (nSPS) is 18.4. The summed E-state index contributed by atoms with van der Waals surface area (Å²) in [6, 6.07) is -0.401. The SMILES string of the molecule is CCCCCCCCCCC(=O)N[C@H]1CCOC1=O. The molecule has 0 saturated carbocycles. The molecule has 0 radical (unpaired) electrons. The van der Waals surface area contributed by atoms with Gasteiger partial charge >= 0.3 is 5.97 Å². The Bertz CT molecular complexity index is 279. The first-order valence-electron chi connectivity index (χ1n) is 7.70. The minimum Gasteiger partial charge on any atom is -0.464 e. The second-order valence-electron chi connectivity index (χ2n) is 5.30. The monoisotopic (exact) mass is 269 g/mol. The van der Waals surface area contributed by atoms with E-state index in [1.165, 1.54) is 38.5 Å². The van der Waals surface area contributed by atoms with Gasteiger partial charge in [-0.1, -0.05) is 51.9 Å². The van der Waals surface area contributed by atoms with E-state index in [1.807, 2.05) is 0 Å². The molecule has 1 saturated heterocycles. The maximum absolute atomic E-state index is 11.6. The molecule has 1 fully saturated rings. The smallest absolute Gasteiger partial charge is 0.328 e. The standard InChI is InChI=1S/C15H27NO3/c1-2-3-4-5-6-7-8-9-10-14(17)16-13-11-12-19-15(13)18/h13H,2-12H2,1H3,(H,16,17)/t13-/m0/s1. The van der Waals surface area contributed by atoms with Gasteiger partial charge in [0.15, 0.2) is 0 Å². The van der Waals surface area contributed by atoms with Crippen LogP contribution in [0.15, 0.2) is 0 Å². The highest BCUT2D eigenvalue weighted by Gasteiger charge is 2.27. The molecule has 0 unspecified atom stereocenters. The van der Waals surface area contributed by atoms with Gasteiger partial charge in [-0.05, 0) is 6.42 Å². The Morgan fingerprint density at radius 3 is 2.37 bits per heavy atom. The van der Waals surface area contributed by atoms with Crippen molar-refractivity contribution in [3.63, 3.8) is 0 Å². The van der Waals surface area contributed by atoms with Crippen molar-refractivity contribution in [3.8, 4) is 0 Å². The molecule has 1 amide bonds. The highest BCUT2D eigenvalue weighted by molar-refractivity contribution is 5.85. The van der Waals surface area contributed by atoms with Gasteiger partial charge in [-0.15, -0.1) is 0 Å². The minimum atomic E-state index is -0.401. The maximum atomic E-state index is 11.6. The number of ether oxygens (including phenoxy) is 1. The predicted molar refractivity (Wildman–Crippen MR) is 74.7 cm³/mol. The lowest BCUT2D eigenvalue weighted by molar-refractivity contribution is -0.141. The van der Waals surface area contributed by atoms with Crippen LogP contribution in [-0.2, 0) is 14.3 Å². The highest BCUT2D eigenvalue weighted by atomic mass is 16.5. The number of hydrogen-bond acceptors (Lipinski definition) is 3. The van der Waals surface area contributed by atoms with E-state index in [9.17, 15) is 9.59 Å². The Labute approximate surface area is 116 Å². The van der Waals surface area contributed by atoms with Crippen molar-refractivity contribution in [2.75, 3.05) is 6.61 Å². The molecular formula is C15H27NO3. The molecule has 4 nitrogen and oxygen atoms in total. The Morgan fingerprint density at radius 2 is 1.79 bits per heavy atom. The first-order chi connectivity index (χ1) is 9.24. The quantitative estimate of drug-likeness (QED) is 0.490. The van der Waals surface area contributed by atoms with Crippen molar-refractivity contribution in [3.05, 3.63) is 0 Å². The van der Waals surface area contributed by atoms with Crippen molar-refractivity contribution in [2.24, 2.45) is 0 Å².